The van der Waals surface area contributed by atoms with Crippen LogP contribution >= 0.6 is 11.6 Å². The Morgan fingerprint density at radius 3 is 2.64 bits per heavy atom. The van der Waals surface area contributed by atoms with Gasteiger partial charge < -0.3 is 14.7 Å². The van der Waals surface area contributed by atoms with E-state index in [2.05, 4.69) is 9.62 Å². The molecule has 7 nitrogen and oxygen atoms in total. The van der Waals surface area contributed by atoms with Gasteiger partial charge in [0.15, 0.2) is 0 Å². The summed E-state index contributed by atoms with van der Waals surface area (Å²) in [6.45, 7) is 5.20. The highest BCUT2D eigenvalue weighted by Gasteiger charge is 2.37. The summed E-state index contributed by atoms with van der Waals surface area (Å²) in [4.78, 5) is 15.4. The maximum Gasteiger partial charge on any atom is 0.264 e. The Hall–Kier alpha value is -2.55. The number of rotatable bonds is 0. The Morgan fingerprint density at radius 1 is 1.05 bits per heavy atom. The normalized spacial score (nSPS) is 30.0. The third-order valence-electron chi connectivity index (χ3n) is 8.68. The van der Waals surface area contributed by atoms with Gasteiger partial charge in [0, 0.05) is 23.7 Å². The van der Waals surface area contributed by atoms with Crippen molar-refractivity contribution in [2.75, 3.05) is 18.0 Å². The Kier molecular flexibility index (Phi) is 8.26. The average molecular weight is 573 g/mol. The predicted octanol–water partition coefficient (Wildman–Crippen LogP) is 5.10. The third-order valence-corrected chi connectivity index (χ3v) is 10.8. The lowest BCUT2D eigenvalue weighted by Crippen LogP contribution is -2.43. The van der Waals surface area contributed by atoms with Crippen molar-refractivity contribution < 1.29 is 23.1 Å². The van der Waals surface area contributed by atoms with E-state index >= 15 is 0 Å². The van der Waals surface area contributed by atoms with Gasteiger partial charge in [0.1, 0.15) is 12.4 Å². The molecule has 210 valence electrons. The largest absolute Gasteiger partial charge is 0.487 e. The molecule has 1 fully saturated rings. The second kappa shape index (κ2) is 11.5. The van der Waals surface area contributed by atoms with Crippen LogP contribution in [0.4, 0.5) is 5.69 Å². The number of halogens is 1. The van der Waals surface area contributed by atoms with Crippen LogP contribution in [0.25, 0.3) is 0 Å². The van der Waals surface area contributed by atoms with Crippen molar-refractivity contribution in [2.24, 2.45) is 17.8 Å². The van der Waals surface area contributed by atoms with E-state index in [0.717, 1.165) is 56.4 Å². The van der Waals surface area contributed by atoms with Crippen molar-refractivity contribution >= 4 is 33.2 Å². The monoisotopic (exact) mass is 572 g/mol. The van der Waals surface area contributed by atoms with Gasteiger partial charge in [0.2, 0.25) is 10.0 Å². The molecule has 5 atom stereocenters. The number of aryl methyl sites for hydroxylation is 1. The lowest BCUT2D eigenvalue weighted by molar-refractivity contribution is 0.0460. The van der Waals surface area contributed by atoms with Gasteiger partial charge in [0.25, 0.3) is 5.91 Å². The zero-order valence-corrected chi connectivity index (χ0v) is 24.0. The minimum atomic E-state index is -3.94. The van der Waals surface area contributed by atoms with Crippen LogP contribution in [-0.4, -0.2) is 43.9 Å². The third kappa shape index (κ3) is 6.13. The minimum absolute atomic E-state index is 0.0994. The van der Waals surface area contributed by atoms with Crippen molar-refractivity contribution in [3.8, 4) is 5.75 Å². The predicted molar refractivity (Wildman–Crippen MR) is 154 cm³/mol. The summed E-state index contributed by atoms with van der Waals surface area (Å²) in [7, 11) is -3.94. The van der Waals surface area contributed by atoms with Crippen LogP contribution in [0, 0.1) is 17.8 Å². The van der Waals surface area contributed by atoms with Crippen molar-refractivity contribution in [3.05, 3.63) is 70.3 Å². The number of nitrogens with zero attached hydrogens (tertiary/aromatic N) is 1. The molecule has 0 aromatic heterocycles. The van der Waals surface area contributed by atoms with E-state index in [4.69, 9.17) is 16.3 Å². The highest BCUT2D eigenvalue weighted by molar-refractivity contribution is 7.90. The topological polar surface area (TPSA) is 95.9 Å². The molecule has 2 aromatic rings. The Morgan fingerprint density at radius 2 is 1.87 bits per heavy atom. The van der Waals surface area contributed by atoms with Crippen LogP contribution in [-0.2, 0) is 23.1 Å². The van der Waals surface area contributed by atoms with Gasteiger partial charge in [-0.15, -0.1) is 0 Å². The van der Waals surface area contributed by atoms with Crippen molar-refractivity contribution in [3.63, 3.8) is 0 Å². The number of sulfonamides is 1. The summed E-state index contributed by atoms with van der Waals surface area (Å²) in [5, 5.41) is 10.8. The first-order valence-corrected chi connectivity index (χ1v) is 15.8. The molecule has 2 aromatic carbocycles. The van der Waals surface area contributed by atoms with Gasteiger partial charge in [0.05, 0.1) is 17.0 Å². The number of benzene rings is 2. The molecule has 1 aliphatic carbocycles. The zero-order chi connectivity index (χ0) is 27.7. The van der Waals surface area contributed by atoms with Gasteiger partial charge in [-0.2, -0.15) is 0 Å². The summed E-state index contributed by atoms with van der Waals surface area (Å²) < 4.78 is 34.7. The number of carbonyl (C=O) groups is 1. The summed E-state index contributed by atoms with van der Waals surface area (Å²) >= 11 is 6.28. The fourth-order valence-electron chi connectivity index (χ4n) is 5.79. The Bertz CT molecular complexity index is 1360. The number of hydrogen-bond donors (Lipinski definition) is 2. The molecule has 3 aliphatic rings. The molecule has 2 heterocycles. The number of allylic oxidation sites excluding steroid dienone is 1. The lowest BCUT2D eigenvalue weighted by atomic mass is 9.70. The van der Waals surface area contributed by atoms with Gasteiger partial charge in [-0.3, -0.25) is 4.79 Å². The number of ether oxygens (including phenoxy) is 1. The maximum atomic E-state index is 13.2. The highest BCUT2D eigenvalue weighted by Crippen LogP contribution is 2.41. The number of amides is 1. The van der Waals surface area contributed by atoms with E-state index in [1.807, 2.05) is 18.2 Å². The first-order valence-electron chi connectivity index (χ1n) is 13.8. The summed E-state index contributed by atoms with van der Waals surface area (Å²) in [6.07, 6.45) is 7.55. The molecular formula is C30H37ClN2O5S. The van der Waals surface area contributed by atoms with E-state index < -0.39 is 27.3 Å². The molecule has 9 heteroatoms. The minimum Gasteiger partial charge on any atom is -0.487 e. The van der Waals surface area contributed by atoms with Crippen LogP contribution in [0.15, 0.2) is 48.6 Å². The SMILES string of the molecule is C[C@@H]1/C=C/[C@H](O)[C@@H]2CC[C@H]2CN2CCCCc3cc(Cl)ccc3COc3ccc(cc32)C(=O)NS(=O)(=O)[C@H]1C. The quantitative estimate of drug-likeness (QED) is 0.426. The van der Waals surface area contributed by atoms with Crippen LogP contribution in [0.3, 0.4) is 0 Å². The standard InChI is InChI=1S/C30H37ClN2O5S/c1-19-6-12-28(34)26-11-8-23(26)17-33-14-4-3-5-21-15-25(31)10-7-24(21)18-38-29-13-9-22(16-27(29)33)30(35)32-39(36,37)20(19)2/h6-7,9-10,12-13,15-16,19-20,23,26,28,34H,3-5,8,11,14,17-18H2,1-2H3,(H,32,35)/b12-6+/t19-,20+,23+,26-,28+/m1/s1. The summed E-state index contributed by atoms with van der Waals surface area (Å²) in [6, 6.07) is 11.0. The summed E-state index contributed by atoms with van der Waals surface area (Å²) in [5.74, 6) is -0.0221. The molecule has 1 amide bonds. The van der Waals surface area contributed by atoms with E-state index in [1.54, 1.807) is 44.2 Å². The number of carbonyl (C=O) groups excluding carboxylic acids is 1. The first kappa shape index (κ1) is 28.0. The number of hydrogen-bond acceptors (Lipinski definition) is 6. The smallest absolute Gasteiger partial charge is 0.264 e. The molecule has 0 saturated heterocycles. The van der Waals surface area contributed by atoms with Gasteiger partial charge in [-0.25, -0.2) is 13.1 Å². The van der Waals surface area contributed by atoms with Crippen molar-refractivity contribution in [1.82, 2.24) is 4.72 Å². The second-order valence-electron chi connectivity index (χ2n) is 11.2. The van der Waals surface area contributed by atoms with Crippen LogP contribution in [0.1, 0.15) is 61.0 Å². The molecule has 2 N–H and O–H groups in total. The highest BCUT2D eigenvalue weighted by atomic mass is 35.5. The molecule has 2 aliphatic heterocycles. The van der Waals surface area contributed by atoms with Gasteiger partial charge in [-0.05, 0) is 98.2 Å². The molecule has 5 rings (SSSR count). The Labute approximate surface area is 236 Å². The van der Waals surface area contributed by atoms with E-state index in [9.17, 15) is 18.3 Å². The number of nitrogens with one attached hydrogen (secondary N) is 1. The first-order chi connectivity index (χ1) is 18.6. The number of anilines is 1. The number of aliphatic hydroxyl groups excluding tert-OH is 1. The second-order valence-corrected chi connectivity index (χ2v) is 13.7. The van der Waals surface area contributed by atoms with E-state index in [-0.39, 0.29) is 23.3 Å². The van der Waals surface area contributed by atoms with Gasteiger partial charge in [-0.1, -0.05) is 36.7 Å². The van der Waals surface area contributed by atoms with E-state index in [0.29, 0.717) is 17.4 Å². The lowest BCUT2D eigenvalue weighted by Gasteiger charge is -2.42. The van der Waals surface area contributed by atoms with Crippen LogP contribution < -0.4 is 14.4 Å². The summed E-state index contributed by atoms with van der Waals surface area (Å²) in [5.41, 5.74) is 3.28. The van der Waals surface area contributed by atoms with Crippen LogP contribution in [0.2, 0.25) is 5.02 Å². The number of aliphatic hydroxyl groups is 1. The van der Waals surface area contributed by atoms with Gasteiger partial charge >= 0.3 is 0 Å². The molecule has 0 radical (unpaired) electrons. The molecule has 2 bridgehead atoms. The fourth-order valence-corrected chi connectivity index (χ4v) is 7.20. The zero-order valence-electron chi connectivity index (χ0n) is 22.5. The molecule has 1 saturated carbocycles. The molecular weight excluding hydrogens is 536 g/mol. The van der Waals surface area contributed by atoms with E-state index in [1.165, 1.54) is 5.56 Å². The molecule has 0 spiro atoms. The average Bonchev–Trinajstić information content (AvgIpc) is 2.91. The Balaban J connectivity index is 1.55. The molecule has 0 unspecified atom stereocenters. The fraction of sp³-hybridized carbons (Fsp3) is 0.500. The van der Waals surface area contributed by atoms with Crippen molar-refractivity contribution in [2.45, 2.75) is 63.9 Å². The van der Waals surface area contributed by atoms with Crippen molar-refractivity contribution in [1.29, 1.82) is 0 Å². The number of fused-ring (bicyclic) bond motifs is 3. The maximum absolute atomic E-state index is 13.2. The molecule has 39 heavy (non-hydrogen) atoms. The van der Waals surface area contributed by atoms with Crippen LogP contribution in [0.5, 0.6) is 5.75 Å².